The Balaban J connectivity index is 1.51. The van der Waals surface area contributed by atoms with Crippen LogP contribution in [0.5, 0.6) is 0 Å². The van der Waals surface area contributed by atoms with Crippen LogP contribution in [0.4, 0.5) is 0 Å². The van der Waals surface area contributed by atoms with E-state index >= 15 is 0 Å². The highest BCUT2D eigenvalue weighted by atomic mass is 16.5. The molecule has 0 heterocycles. The Morgan fingerprint density at radius 2 is 1.85 bits per heavy atom. The zero-order chi connectivity index (χ0) is 14.4. The standard InChI is InChI=1S/C17H33NO2/c1-13-6-8-17(9-7-13)20-12-16(19)11-18-10-15-5-3-4-14(15)2/h13-19H,3-12H2,1-2H3. The van der Waals surface area contributed by atoms with Gasteiger partial charge in [-0.15, -0.1) is 0 Å². The van der Waals surface area contributed by atoms with Crippen LogP contribution in [0.2, 0.25) is 0 Å². The number of hydrogen-bond donors (Lipinski definition) is 2. The first kappa shape index (κ1) is 16.3. The number of rotatable bonds is 7. The summed E-state index contributed by atoms with van der Waals surface area (Å²) < 4.78 is 5.85. The van der Waals surface area contributed by atoms with Crippen molar-refractivity contribution in [1.82, 2.24) is 5.32 Å². The lowest BCUT2D eigenvalue weighted by molar-refractivity contribution is -0.0280. The maximum absolute atomic E-state index is 9.98. The van der Waals surface area contributed by atoms with Crippen molar-refractivity contribution in [3.63, 3.8) is 0 Å². The van der Waals surface area contributed by atoms with Gasteiger partial charge >= 0.3 is 0 Å². The number of hydrogen-bond acceptors (Lipinski definition) is 3. The summed E-state index contributed by atoms with van der Waals surface area (Å²) in [5.74, 6) is 2.51. The van der Waals surface area contributed by atoms with Crippen LogP contribution in [0.3, 0.4) is 0 Å². The fraction of sp³-hybridized carbons (Fsp3) is 1.00. The van der Waals surface area contributed by atoms with Crippen molar-refractivity contribution in [1.29, 1.82) is 0 Å². The van der Waals surface area contributed by atoms with Crippen LogP contribution in [0.25, 0.3) is 0 Å². The molecule has 2 rings (SSSR count). The van der Waals surface area contributed by atoms with Gasteiger partial charge in [0.2, 0.25) is 0 Å². The average Bonchev–Trinajstić information content (AvgIpc) is 2.84. The molecule has 2 aliphatic rings. The zero-order valence-corrected chi connectivity index (χ0v) is 13.3. The van der Waals surface area contributed by atoms with E-state index in [4.69, 9.17) is 4.74 Å². The molecular weight excluding hydrogens is 250 g/mol. The predicted molar refractivity (Wildman–Crippen MR) is 82.8 cm³/mol. The number of nitrogens with one attached hydrogen (secondary N) is 1. The van der Waals surface area contributed by atoms with Gasteiger partial charge in [0.15, 0.2) is 0 Å². The van der Waals surface area contributed by atoms with E-state index in [2.05, 4.69) is 19.2 Å². The lowest BCUT2D eigenvalue weighted by Crippen LogP contribution is -2.35. The van der Waals surface area contributed by atoms with Crippen molar-refractivity contribution in [2.45, 2.75) is 71.0 Å². The Bertz CT molecular complexity index is 264. The summed E-state index contributed by atoms with van der Waals surface area (Å²) in [5, 5.41) is 13.4. The minimum atomic E-state index is -0.356. The van der Waals surface area contributed by atoms with Gasteiger partial charge in [0.05, 0.1) is 18.8 Å². The van der Waals surface area contributed by atoms with Gasteiger partial charge in [-0.1, -0.05) is 26.7 Å². The maximum Gasteiger partial charge on any atom is 0.0897 e. The van der Waals surface area contributed by atoms with Crippen LogP contribution in [-0.4, -0.2) is 37.0 Å². The van der Waals surface area contributed by atoms with Gasteiger partial charge in [0.25, 0.3) is 0 Å². The highest BCUT2D eigenvalue weighted by Gasteiger charge is 2.23. The molecule has 0 saturated heterocycles. The molecule has 2 fully saturated rings. The second-order valence-electron chi connectivity index (χ2n) is 7.20. The van der Waals surface area contributed by atoms with Crippen LogP contribution < -0.4 is 5.32 Å². The van der Waals surface area contributed by atoms with E-state index in [-0.39, 0.29) is 6.10 Å². The third-order valence-corrected chi connectivity index (χ3v) is 5.31. The molecule has 3 heteroatoms. The number of aliphatic hydroxyl groups excluding tert-OH is 1. The number of aliphatic hydroxyl groups is 1. The van der Waals surface area contributed by atoms with E-state index in [0.29, 0.717) is 19.3 Å². The van der Waals surface area contributed by atoms with Crippen LogP contribution in [0, 0.1) is 17.8 Å². The van der Waals surface area contributed by atoms with Crippen molar-refractivity contribution >= 4 is 0 Å². The molecule has 2 N–H and O–H groups in total. The molecule has 0 amide bonds. The fourth-order valence-corrected chi connectivity index (χ4v) is 3.66. The summed E-state index contributed by atoms with van der Waals surface area (Å²) >= 11 is 0. The van der Waals surface area contributed by atoms with E-state index in [1.54, 1.807) is 0 Å². The molecule has 0 radical (unpaired) electrons. The Morgan fingerprint density at radius 1 is 1.10 bits per heavy atom. The smallest absolute Gasteiger partial charge is 0.0897 e. The van der Waals surface area contributed by atoms with Gasteiger partial charge < -0.3 is 15.2 Å². The molecule has 3 nitrogen and oxygen atoms in total. The van der Waals surface area contributed by atoms with Crippen LogP contribution >= 0.6 is 0 Å². The van der Waals surface area contributed by atoms with Gasteiger partial charge in [-0.3, -0.25) is 0 Å². The van der Waals surface area contributed by atoms with E-state index < -0.39 is 0 Å². The first-order chi connectivity index (χ1) is 9.65. The third-order valence-electron chi connectivity index (χ3n) is 5.31. The summed E-state index contributed by atoms with van der Waals surface area (Å²) in [6.45, 7) is 6.89. The molecule has 2 aliphatic carbocycles. The SMILES string of the molecule is CC1CCC(OCC(O)CNCC2CCCC2C)CC1. The first-order valence-electron chi connectivity index (χ1n) is 8.65. The Hall–Kier alpha value is -0.120. The van der Waals surface area contributed by atoms with Gasteiger partial charge in [-0.25, -0.2) is 0 Å². The van der Waals surface area contributed by atoms with E-state index in [0.717, 1.165) is 24.3 Å². The summed E-state index contributed by atoms with van der Waals surface area (Å²) in [6.07, 6.45) is 9.01. The Kier molecular flexibility index (Phi) is 6.79. The summed E-state index contributed by atoms with van der Waals surface area (Å²) in [4.78, 5) is 0. The highest BCUT2D eigenvalue weighted by Crippen LogP contribution is 2.30. The van der Waals surface area contributed by atoms with Crippen LogP contribution in [0.15, 0.2) is 0 Å². The van der Waals surface area contributed by atoms with Crippen molar-refractivity contribution in [3.8, 4) is 0 Å². The van der Waals surface area contributed by atoms with Crippen molar-refractivity contribution in [2.75, 3.05) is 19.7 Å². The maximum atomic E-state index is 9.98. The largest absolute Gasteiger partial charge is 0.389 e. The van der Waals surface area contributed by atoms with Crippen molar-refractivity contribution in [2.24, 2.45) is 17.8 Å². The van der Waals surface area contributed by atoms with Gasteiger partial charge in [0.1, 0.15) is 0 Å². The second kappa shape index (κ2) is 8.35. The molecule has 0 aromatic carbocycles. The Morgan fingerprint density at radius 3 is 2.50 bits per heavy atom. The summed E-state index contributed by atoms with van der Waals surface area (Å²) in [7, 11) is 0. The van der Waals surface area contributed by atoms with Crippen LogP contribution in [0.1, 0.15) is 58.8 Å². The minimum absolute atomic E-state index is 0.356. The minimum Gasteiger partial charge on any atom is -0.389 e. The van der Waals surface area contributed by atoms with Crippen LogP contribution in [-0.2, 0) is 4.74 Å². The summed E-state index contributed by atoms with van der Waals surface area (Å²) in [6, 6.07) is 0. The molecular formula is C17H33NO2. The predicted octanol–water partition coefficient (Wildman–Crippen LogP) is 2.97. The van der Waals surface area contributed by atoms with Gasteiger partial charge in [-0.2, -0.15) is 0 Å². The van der Waals surface area contributed by atoms with E-state index in [1.807, 2.05) is 0 Å². The molecule has 118 valence electrons. The molecule has 0 bridgehead atoms. The molecule has 0 aromatic heterocycles. The molecule has 2 saturated carbocycles. The third kappa shape index (κ3) is 5.34. The second-order valence-corrected chi connectivity index (χ2v) is 7.20. The normalized spacial score (nSPS) is 36.1. The molecule has 3 unspecified atom stereocenters. The van der Waals surface area contributed by atoms with Crippen molar-refractivity contribution < 1.29 is 9.84 Å². The van der Waals surface area contributed by atoms with Gasteiger partial charge in [0, 0.05) is 6.54 Å². The first-order valence-corrected chi connectivity index (χ1v) is 8.65. The molecule has 20 heavy (non-hydrogen) atoms. The molecule has 3 atom stereocenters. The number of ether oxygens (including phenoxy) is 1. The average molecular weight is 283 g/mol. The van der Waals surface area contributed by atoms with E-state index in [1.165, 1.54) is 44.9 Å². The highest BCUT2D eigenvalue weighted by molar-refractivity contribution is 4.76. The Labute approximate surface area is 124 Å². The molecule has 0 aliphatic heterocycles. The summed E-state index contributed by atoms with van der Waals surface area (Å²) in [5.41, 5.74) is 0. The monoisotopic (exact) mass is 283 g/mol. The fourth-order valence-electron chi connectivity index (χ4n) is 3.66. The van der Waals surface area contributed by atoms with Gasteiger partial charge in [-0.05, 0) is 56.4 Å². The lowest BCUT2D eigenvalue weighted by Gasteiger charge is -2.27. The lowest BCUT2D eigenvalue weighted by atomic mass is 9.89. The quantitative estimate of drug-likeness (QED) is 0.755. The topological polar surface area (TPSA) is 41.5 Å². The van der Waals surface area contributed by atoms with Crippen molar-refractivity contribution in [3.05, 3.63) is 0 Å². The molecule has 0 spiro atoms. The molecule has 0 aromatic rings. The van der Waals surface area contributed by atoms with E-state index in [9.17, 15) is 5.11 Å². The zero-order valence-electron chi connectivity index (χ0n) is 13.3.